The summed E-state index contributed by atoms with van der Waals surface area (Å²) < 4.78 is 5.27. The fraction of sp³-hybridized carbons (Fsp3) is 0.333. The van der Waals surface area contributed by atoms with E-state index in [0.717, 1.165) is 11.3 Å². The van der Waals surface area contributed by atoms with Gasteiger partial charge in [0.1, 0.15) is 5.76 Å². The number of hydrogen-bond donors (Lipinski definition) is 0. The Bertz CT molecular complexity index is 667. The van der Waals surface area contributed by atoms with Gasteiger partial charge in [-0.25, -0.2) is 0 Å². The van der Waals surface area contributed by atoms with Gasteiger partial charge in [-0.1, -0.05) is 30.3 Å². The molecular weight excluding hydrogens is 292 g/mol. The van der Waals surface area contributed by atoms with Crippen LogP contribution in [0.5, 0.6) is 0 Å². The minimum Gasteiger partial charge on any atom is -0.467 e. The minimum atomic E-state index is -0.272. The largest absolute Gasteiger partial charge is 0.467 e. The van der Waals surface area contributed by atoms with Gasteiger partial charge in [0.2, 0.25) is 11.8 Å². The molecule has 1 unspecified atom stereocenters. The molecule has 1 fully saturated rings. The van der Waals surface area contributed by atoms with Crippen LogP contribution in [0.4, 0.5) is 0 Å². The zero-order chi connectivity index (χ0) is 16.2. The number of hydrogen-bond acceptors (Lipinski definition) is 3. The number of rotatable bonds is 5. The Morgan fingerprint density at radius 2 is 2.04 bits per heavy atom. The van der Waals surface area contributed by atoms with Crippen molar-refractivity contribution in [3.63, 3.8) is 0 Å². The monoisotopic (exact) mass is 312 g/mol. The Hall–Kier alpha value is -2.56. The van der Waals surface area contributed by atoms with E-state index in [4.69, 9.17) is 4.42 Å². The Morgan fingerprint density at radius 3 is 2.74 bits per heavy atom. The van der Waals surface area contributed by atoms with Crippen molar-refractivity contribution >= 4 is 11.8 Å². The zero-order valence-electron chi connectivity index (χ0n) is 13.1. The van der Waals surface area contributed by atoms with Crippen molar-refractivity contribution in [1.82, 2.24) is 9.80 Å². The molecule has 1 saturated heterocycles. The van der Waals surface area contributed by atoms with Crippen molar-refractivity contribution < 1.29 is 14.0 Å². The third kappa shape index (κ3) is 3.62. The molecule has 5 heteroatoms. The van der Waals surface area contributed by atoms with Crippen LogP contribution >= 0.6 is 0 Å². The minimum absolute atomic E-state index is 0.00897. The molecule has 5 nitrogen and oxygen atoms in total. The van der Waals surface area contributed by atoms with E-state index in [1.54, 1.807) is 29.2 Å². The fourth-order valence-corrected chi connectivity index (χ4v) is 2.92. The molecule has 120 valence electrons. The van der Waals surface area contributed by atoms with E-state index in [1.807, 2.05) is 36.4 Å². The molecular formula is C18H20N2O3. The van der Waals surface area contributed by atoms with Gasteiger partial charge in [-0.3, -0.25) is 9.59 Å². The molecule has 0 N–H and O–H groups in total. The summed E-state index contributed by atoms with van der Waals surface area (Å²) in [5.74, 6) is 0.501. The molecule has 1 aliphatic rings. The number of carbonyl (C=O) groups excluding carboxylic acids is 2. The lowest BCUT2D eigenvalue weighted by Gasteiger charge is -2.20. The Kier molecular flexibility index (Phi) is 4.46. The first-order valence-corrected chi connectivity index (χ1v) is 7.72. The predicted molar refractivity (Wildman–Crippen MR) is 85.1 cm³/mol. The first kappa shape index (κ1) is 15.3. The molecule has 1 aromatic heterocycles. The number of furan rings is 1. The van der Waals surface area contributed by atoms with Gasteiger partial charge in [0.25, 0.3) is 0 Å². The summed E-state index contributed by atoms with van der Waals surface area (Å²) in [6.07, 6.45) is 1.88. The summed E-state index contributed by atoms with van der Waals surface area (Å²) in [4.78, 5) is 28.1. The van der Waals surface area contributed by atoms with E-state index in [1.165, 1.54) is 0 Å². The van der Waals surface area contributed by atoms with Crippen molar-refractivity contribution in [2.75, 3.05) is 13.6 Å². The standard InChI is InChI=1S/C18H20N2O3/c1-19(13-16-8-5-9-23-16)18(22)15-10-17(21)20(12-15)11-14-6-3-2-4-7-14/h2-9,15H,10-13H2,1H3. The highest BCUT2D eigenvalue weighted by molar-refractivity contribution is 5.89. The number of likely N-dealkylation sites (tertiary alicyclic amines) is 1. The molecule has 0 radical (unpaired) electrons. The molecule has 2 amide bonds. The Balaban J connectivity index is 1.59. The second-order valence-electron chi connectivity index (χ2n) is 5.93. The lowest BCUT2D eigenvalue weighted by Crippen LogP contribution is -2.34. The Morgan fingerprint density at radius 1 is 1.26 bits per heavy atom. The average molecular weight is 312 g/mol. The van der Waals surface area contributed by atoms with Crippen LogP contribution in [-0.4, -0.2) is 35.2 Å². The van der Waals surface area contributed by atoms with Gasteiger partial charge in [-0.2, -0.15) is 0 Å². The van der Waals surface area contributed by atoms with Gasteiger partial charge in [0.05, 0.1) is 18.7 Å². The molecule has 1 aliphatic heterocycles. The maximum Gasteiger partial charge on any atom is 0.228 e. The van der Waals surface area contributed by atoms with Crippen LogP contribution in [0.3, 0.4) is 0 Å². The van der Waals surface area contributed by atoms with E-state index in [9.17, 15) is 9.59 Å². The average Bonchev–Trinajstić information content (AvgIpc) is 3.18. The maximum absolute atomic E-state index is 12.5. The summed E-state index contributed by atoms with van der Waals surface area (Å²) in [6.45, 7) is 1.47. The normalized spacial score (nSPS) is 17.5. The van der Waals surface area contributed by atoms with E-state index >= 15 is 0 Å². The molecule has 0 bridgehead atoms. The van der Waals surface area contributed by atoms with Crippen LogP contribution in [0.25, 0.3) is 0 Å². The molecule has 3 rings (SSSR count). The second kappa shape index (κ2) is 6.69. The van der Waals surface area contributed by atoms with Crippen LogP contribution in [0.2, 0.25) is 0 Å². The Labute approximate surface area is 135 Å². The third-order valence-corrected chi connectivity index (χ3v) is 4.13. The molecule has 0 spiro atoms. The van der Waals surface area contributed by atoms with Crippen molar-refractivity contribution in [3.05, 3.63) is 60.1 Å². The lowest BCUT2D eigenvalue weighted by atomic mass is 10.1. The van der Waals surface area contributed by atoms with Crippen molar-refractivity contribution in [3.8, 4) is 0 Å². The summed E-state index contributed by atoms with van der Waals surface area (Å²) >= 11 is 0. The van der Waals surface area contributed by atoms with Gasteiger partial charge in [-0.05, 0) is 17.7 Å². The fourth-order valence-electron chi connectivity index (χ4n) is 2.92. The van der Waals surface area contributed by atoms with E-state index in [0.29, 0.717) is 19.6 Å². The van der Waals surface area contributed by atoms with E-state index in [-0.39, 0.29) is 24.2 Å². The highest BCUT2D eigenvalue weighted by atomic mass is 16.3. The van der Waals surface area contributed by atoms with Crippen LogP contribution < -0.4 is 0 Å². The molecule has 0 aliphatic carbocycles. The maximum atomic E-state index is 12.5. The second-order valence-corrected chi connectivity index (χ2v) is 5.93. The molecule has 2 aromatic rings. The van der Waals surface area contributed by atoms with Crippen molar-refractivity contribution in [2.45, 2.75) is 19.5 Å². The summed E-state index contributed by atoms with van der Waals surface area (Å²) in [7, 11) is 1.75. The smallest absolute Gasteiger partial charge is 0.228 e. The predicted octanol–water partition coefficient (Wildman–Crippen LogP) is 2.29. The summed E-state index contributed by atoms with van der Waals surface area (Å²) in [6, 6.07) is 13.5. The van der Waals surface area contributed by atoms with Crippen LogP contribution in [0.15, 0.2) is 53.1 Å². The highest BCUT2D eigenvalue weighted by Crippen LogP contribution is 2.22. The molecule has 1 aromatic carbocycles. The third-order valence-electron chi connectivity index (χ3n) is 4.13. The van der Waals surface area contributed by atoms with Gasteiger partial charge in [0.15, 0.2) is 0 Å². The van der Waals surface area contributed by atoms with Crippen molar-refractivity contribution in [2.24, 2.45) is 5.92 Å². The SMILES string of the molecule is CN(Cc1ccco1)C(=O)C1CC(=O)N(Cc2ccccc2)C1. The highest BCUT2D eigenvalue weighted by Gasteiger charge is 2.35. The lowest BCUT2D eigenvalue weighted by molar-refractivity contribution is -0.135. The first-order chi connectivity index (χ1) is 11.1. The van der Waals surface area contributed by atoms with Gasteiger partial charge in [0, 0.05) is 26.6 Å². The number of amides is 2. The first-order valence-electron chi connectivity index (χ1n) is 7.72. The van der Waals surface area contributed by atoms with Gasteiger partial charge < -0.3 is 14.2 Å². The van der Waals surface area contributed by atoms with Gasteiger partial charge in [-0.15, -0.1) is 0 Å². The van der Waals surface area contributed by atoms with Crippen LogP contribution in [0, 0.1) is 5.92 Å². The number of benzene rings is 1. The number of nitrogens with zero attached hydrogens (tertiary/aromatic N) is 2. The van der Waals surface area contributed by atoms with Gasteiger partial charge >= 0.3 is 0 Å². The summed E-state index contributed by atoms with van der Waals surface area (Å²) in [5.41, 5.74) is 1.08. The van der Waals surface area contributed by atoms with E-state index < -0.39 is 0 Å². The molecule has 1 atom stereocenters. The molecule has 0 saturated carbocycles. The molecule has 2 heterocycles. The van der Waals surface area contributed by atoms with E-state index in [2.05, 4.69) is 0 Å². The molecule has 23 heavy (non-hydrogen) atoms. The number of carbonyl (C=O) groups is 2. The summed E-state index contributed by atoms with van der Waals surface area (Å²) in [5, 5.41) is 0. The van der Waals surface area contributed by atoms with Crippen molar-refractivity contribution in [1.29, 1.82) is 0 Å². The van der Waals surface area contributed by atoms with Crippen LogP contribution in [0.1, 0.15) is 17.7 Å². The topological polar surface area (TPSA) is 53.8 Å². The zero-order valence-corrected chi connectivity index (χ0v) is 13.1. The quantitative estimate of drug-likeness (QED) is 0.851. The van der Waals surface area contributed by atoms with Crippen LogP contribution in [-0.2, 0) is 22.7 Å².